The van der Waals surface area contributed by atoms with E-state index in [0.717, 1.165) is 6.26 Å². The Morgan fingerprint density at radius 1 is 1.38 bits per heavy atom. The summed E-state index contributed by atoms with van der Waals surface area (Å²) in [5.74, 6) is -0.00343. The lowest BCUT2D eigenvalue weighted by Crippen LogP contribution is -2.45. The maximum absolute atomic E-state index is 11.4. The number of benzene rings is 1. The zero-order valence-electron chi connectivity index (χ0n) is 12.5. The number of hydrogen-bond acceptors (Lipinski definition) is 6. The molecule has 0 spiro atoms. The molecule has 0 aliphatic carbocycles. The molecule has 1 aromatic rings. The van der Waals surface area contributed by atoms with Gasteiger partial charge < -0.3 is 15.2 Å². The van der Waals surface area contributed by atoms with Gasteiger partial charge >= 0.3 is 5.97 Å². The van der Waals surface area contributed by atoms with Gasteiger partial charge in [0.2, 0.25) is 0 Å². The van der Waals surface area contributed by atoms with Gasteiger partial charge in [-0.25, -0.2) is 8.42 Å². The normalized spacial score (nSPS) is 14.3. The number of sulfone groups is 1. The first-order chi connectivity index (χ1) is 9.66. The largest absolute Gasteiger partial charge is 0.494 e. The molecule has 0 saturated heterocycles. The molecule has 1 rings (SSSR count). The van der Waals surface area contributed by atoms with E-state index in [4.69, 9.17) is 10.5 Å². The van der Waals surface area contributed by atoms with E-state index in [1.807, 2.05) is 0 Å². The second-order valence-electron chi connectivity index (χ2n) is 5.11. The van der Waals surface area contributed by atoms with Gasteiger partial charge in [0.15, 0.2) is 9.84 Å². The third-order valence-electron chi connectivity index (χ3n) is 2.99. The summed E-state index contributed by atoms with van der Waals surface area (Å²) >= 11 is 0. The van der Waals surface area contributed by atoms with Crippen LogP contribution in [0, 0.1) is 0 Å². The Balaban J connectivity index is 2.52. The van der Waals surface area contributed by atoms with Crippen LogP contribution in [0.4, 0.5) is 0 Å². The van der Waals surface area contributed by atoms with Crippen LogP contribution in [0.1, 0.15) is 19.8 Å². The van der Waals surface area contributed by atoms with Crippen molar-refractivity contribution in [3.8, 4) is 5.75 Å². The number of esters is 1. The highest BCUT2D eigenvalue weighted by Gasteiger charge is 2.28. The monoisotopic (exact) mass is 315 g/mol. The van der Waals surface area contributed by atoms with E-state index in [9.17, 15) is 13.2 Å². The number of carbonyl (C=O) groups is 1. The van der Waals surface area contributed by atoms with Gasteiger partial charge in [-0.2, -0.15) is 0 Å². The summed E-state index contributed by atoms with van der Waals surface area (Å²) in [6, 6.07) is 6.28. The maximum atomic E-state index is 11.4. The zero-order valence-corrected chi connectivity index (χ0v) is 13.3. The van der Waals surface area contributed by atoms with Crippen LogP contribution in [0.5, 0.6) is 5.75 Å². The molecule has 0 fully saturated rings. The average molecular weight is 315 g/mol. The lowest BCUT2D eigenvalue weighted by molar-refractivity contribution is -0.146. The Bertz CT molecular complexity index is 595. The first-order valence-corrected chi connectivity index (χ1v) is 8.36. The van der Waals surface area contributed by atoms with Crippen molar-refractivity contribution >= 4 is 15.8 Å². The minimum Gasteiger partial charge on any atom is -0.494 e. The van der Waals surface area contributed by atoms with Gasteiger partial charge in [-0.15, -0.1) is 0 Å². The van der Waals surface area contributed by atoms with E-state index in [0.29, 0.717) is 25.2 Å². The van der Waals surface area contributed by atoms with Gasteiger partial charge in [-0.1, -0.05) is 6.07 Å². The molecule has 1 atom stereocenters. The summed E-state index contributed by atoms with van der Waals surface area (Å²) in [6.07, 6.45) is 2.10. The molecule has 0 bridgehead atoms. The van der Waals surface area contributed by atoms with Crippen molar-refractivity contribution in [2.75, 3.05) is 20.0 Å². The summed E-state index contributed by atoms with van der Waals surface area (Å²) in [7, 11) is -1.96. The van der Waals surface area contributed by atoms with E-state index in [1.54, 1.807) is 19.1 Å². The number of ether oxygens (including phenoxy) is 2. The molecule has 1 aromatic carbocycles. The Morgan fingerprint density at radius 2 is 2.05 bits per heavy atom. The Morgan fingerprint density at radius 3 is 2.62 bits per heavy atom. The SMILES string of the molecule is COC(=O)C(C)(N)CCCOc1cccc(S(C)(=O)=O)c1. The quantitative estimate of drug-likeness (QED) is 0.599. The summed E-state index contributed by atoms with van der Waals surface area (Å²) < 4.78 is 33.0. The third-order valence-corrected chi connectivity index (χ3v) is 4.10. The first-order valence-electron chi connectivity index (χ1n) is 6.47. The Labute approximate surface area is 125 Å². The van der Waals surface area contributed by atoms with Gasteiger partial charge in [-0.3, -0.25) is 4.79 Å². The van der Waals surface area contributed by atoms with Crippen LogP contribution in [0.15, 0.2) is 29.2 Å². The minimum atomic E-state index is -3.25. The molecule has 0 radical (unpaired) electrons. The summed E-state index contributed by atoms with van der Waals surface area (Å²) in [5.41, 5.74) is 4.77. The number of nitrogens with two attached hydrogens (primary N) is 1. The molecule has 7 heteroatoms. The van der Waals surface area contributed by atoms with Crippen LogP contribution in [0.3, 0.4) is 0 Å². The van der Waals surface area contributed by atoms with Crippen LogP contribution in [0.2, 0.25) is 0 Å². The van der Waals surface area contributed by atoms with Crippen LogP contribution >= 0.6 is 0 Å². The summed E-state index contributed by atoms with van der Waals surface area (Å²) in [6.45, 7) is 1.93. The second-order valence-corrected chi connectivity index (χ2v) is 7.12. The highest BCUT2D eigenvalue weighted by atomic mass is 32.2. The van der Waals surface area contributed by atoms with E-state index in [1.165, 1.54) is 19.2 Å². The van der Waals surface area contributed by atoms with Crippen LogP contribution in [-0.2, 0) is 19.4 Å². The van der Waals surface area contributed by atoms with Crippen LogP contribution < -0.4 is 10.5 Å². The fourth-order valence-electron chi connectivity index (χ4n) is 1.76. The molecule has 1 unspecified atom stereocenters. The van der Waals surface area contributed by atoms with Gasteiger partial charge in [0.1, 0.15) is 11.3 Å². The maximum Gasteiger partial charge on any atom is 0.325 e. The fraction of sp³-hybridized carbons (Fsp3) is 0.500. The molecule has 118 valence electrons. The molecule has 2 N–H and O–H groups in total. The van der Waals surface area contributed by atoms with Crippen molar-refractivity contribution in [2.45, 2.75) is 30.2 Å². The van der Waals surface area contributed by atoms with Gasteiger partial charge in [0.25, 0.3) is 0 Å². The highest BCUT2D eigenvalue weighted by Crippen LogP contribution is 2.18. The molecular weight excluding hydrogens is 294 g/mol. The predicted octanol–water partition coefficient (Wildman–Crippen LogP) is 1.14. The molecule has 0 aliphatic heterocycles. The van der Waals surface area contributed by atoms with Crippen molar-refractivity contribution in [3.05, 3.63) is 24.3 Å². The first kappa shape index (κ1) is 17.5. The van der Waals surface area contributed by atoms with Crippen molar-refractivity contribution < 1.29 is 22.7 Å². The Kier molecular flexibility index (Phi) is 5.74. The highest BCUT2D eigenvalue weighted by molar-refractivity contribution is 7.90. The smallest absolute Gasteiger partial charge is 0.325 e. The zero-order chi connectivity index (χ0) is 16.1. The van der Waals surface area contributed by atoms with E-state index in [2.05, 4.69) is 4.74 Å². The lowest BCUT2D eigenvalue weighted by atomic mass is 9.98. The molecule has 21 heavy (non-hydrogen) atoms. The minimum absolute atomic E-state index is 0.207. The standard InChI is InChI=1S/C14H21NO5S/c1-14(15,13(16)19-2)8-5-9-20-11-6-4-7-12(10-11)21(3,17)18/h4,6-7,10H,5,8-9,15H2,1-3H3. The van der Waals surface area contributed by atoms with Crippen LogP contribution in [0.25, 0.3) is 0 Å². The average Bonchev–Trinajstić information content (AvgIpc) is 2.42. The second kappa shape index (κ2) is 6.91. The predicted molar refractivity (Wildman–Crippen MR) is 78.9 cm³/mol. The number of hydrogen-bond donors (Lipinski definition) is 1. The molecular formula is C14H21NO5S. The van der Waals surface area contributed by atoms with Gasteiger partial charge in [-0.05, 0) is 38.0 Å². The fourth-order valence-corrected chi connectivity index (χ4v) is 2.42. The molecule has 6 nitrogen and oxygen atoms in total. The van der Waals surface area contributed by atoms with Crippen molar-refractivity contribution in [1.82, 2.24) is 0 Å². The molecule has 0 heterocycles. The molecule has 0 aromatic heterocycles. The van der Waals surface area contributed by atoms with E-state index in [-0.39, 0.29) is 4.90 Å². The van der Waals surface area contributed by atoms with Crippen molar-refractivity contribution in [1.29, 1.82) is 0 Å². The topological polar surface area (TPSA) is 95.7 Å². The van der Waals surface area contributed by atoms with Gasteiger partial charge in [0, 0.05) is 6.26 Å². The lowest BCUT2D eigenvalue weighted by Gasteiger charge is -2.21. The summed E-state index contributed by atoms with van der Waals surface area (Å²) in [4.78, 5) is 11.6. The Hall–Kier alpha value is -1.60. The summed E-state index contributed by atoms with van der Waals surface area (Å²) in [5, 5.41) is 0. The number of methoxy groups -OCH3 is 1. The van der Waals surface area contributed by atoms with Crippen LogP contribution in [-0.4, -0.2) is 39.9 Å². The third kappa shape index (κ3) is 5.35. The molecule has 0 aliphatic rings. The van der Waals surface area contributed by atoms with Gasteiger partial charge in [0.05, 0.1) is 18.6 Å². The van der Waals surface area contributed by atoms with E-state index >= 15 is 0 Å². The number of carbonyl (C=O) groups excluding carboxylic acids is 1. The molecule has 0 saturated carbocycles. The molecule has 0 amide bonds. The van der Waals surface area contributed by atoms with E-state index < -0.39 is 21.3 Å². The number of rotatable bonds is 7. The van der Waals surface area contributed by atoms with Crippen molar-refractivity contribution in [2.24, 2.45) is 5.73 Å². The van der Waals surface area contributed by atoms with Crippen molar-refractivity contribution in [3.63, 3.8) is 0 Å².